The third-order valence-electron chi connectivity index (χ3n) is 6.56. The van der Waals surface area contributed by atoms with Crippen LogP contribution in [0.5, 0.6) is 5.75 Å². The van der Waals surface area contributed by atoms with E-state index in [-0.39, 0.29) is 11.6 Å². The van der Waals surface area contributed by atoms with E-state index >= 15 is 0 Å². The van der Waals surface area contributed by atoms with E-state index in [0.717, 1.165) is 44.2 Å². The lowest BCUT2D eigenvalue weighted by atomic mass is 9.99. The molecule has 1 atom stereocenters. The average molecular weight is 422 g/mol. The molecule has 0 spiro atoms. The number of methoxy groups -OCH3 is 1. The highest BCUT2D eigenvalue weighted by atomic mass is 16.5. The second-order valence-corrected chi connectivity index (χ2v) is 8.81. The van der Waals surface area contributed by atoms with E-state index in [1.54, 1.807) is 7.11 Å². The smallest absolute Gasteiger partial charge is 0.214 e. The molecule has 2 aromatic carbocycles. The Hall–Kier alpha value is -2.93. The molecule has 3 aromatic rings. The van der Waals surface area contributed by atoms with E-state index in [2.05, 4.69) is 89.7 Å². The number of rotatable bonds is 7. The molecule has 1 saturated heterocycles. The lowest BCUT2D eigenvalue weighted by Gasteiger charge is -2.38. The van der Waals surface area contributed by atoms with Crippen molar-refractivity contribution in [1.29, 1.82) is 0 Å². The van der Waals surface area contributed by atoms with Crippen LogP contribution in [-0.4, -0.2) is 53.5 Å². The summed E-state index contributed by atoms with van der Waals surface area (Å²) < 4.78 is 7.44. The van der Waals surface area contributed by atoms with Gasteiger partial charge in [0.1, 0.15) is 5.75 Å². The van der Waals surface area contributed by atoms with Crippen molar-refractivity contribution in [1.82, 2.24) is 20.2 Å². The Labute approximate surface area is 184 Å². The Morgan fingerprint density at radius 1 is 1.06 bits per heavy atom. The Bertz CT molecular complexity index is 978. The second kappa shape index (κ2) is 9.06. The zero-order chi connectivity index (χ0) is 21.8. The van der Waals surface area contributed by atoms with E-state index in [1.807, 2.05) is 10.7 Å². The highest BCUT2D eigenvalue weighted by Crippen LogP contribution is 2.25. The van der Waals surface area contributed by atoms with E-state index in [1.165, 1.54) is 16.2 Å². The van der Waals surface area contributed by atoms with Gasteiger partial charge in [0.15, 0.2) is 6.04 Å². The Morgan fingerprint density at radius 2 is 1.81 bits per heavy atom. The van der Waals surface area contributed by atoms with Crippen molar-refractivity contribution in [2.75, 3.05) is 38.2 Å². The van der Waals surface area contributed by atoms with Crippen LogP contribution < -0.4 is 14.5 Å². The Balaban J connectivity index is 1.61. The standard InChI is InChI=1S/C24H32N6O/c1-5-24(2,3)30-23(25-26-27-30)22(19-10-7-6-8-11-19)29-16-14-28(15-17-29)20-12-9-13-21(18-20)31-4/h6-13,18,22H,5,14-17H2,1-4H3/p+1/t22-/m0/s1. The molecular weight excluding hydrogens is 388 g/mol. The zero-order valence-electron chi connectivity index (χ0n) is 19.0. The van der Waals surface area contributed by atoms with E-state index in [4.69, 9.17) is 4.74 Å². The van der Waals surface area contributed by atoms with Crippen LogP contribution in [0.25, 0.3) is 0 Å². The average Bonchev–Trinajstić information content (AvgIpc) is 3.31. The van der Waals surface area contributed by atoms with Crippen LogP contribution in [0, 0.1) is 0 Å². The number of nitrogens with zero attached hydrogens (tertiary/aromatic N) is 5. The van der Waals surface area contributed by atoms with Crippen molar-refractivity contribution < 1.29 is 9.64 Å². The first-order valence-corrected chi connectivity index (χ1v) is 11.1. The minimum absolute atomic E-state index is 0.106. The lowest BCUT2D eigenvalue weighted by Crippen LogP contribution is -3.15. The van der Waals surface area contributed by atoms with E-state index in [0.29, 0.717) is 0 Å². The van der Waals surface area contributed by atoms with Gasteiger partial charge in [-0.2, -0.15) is 0 Å². The van der Waals surface area contributed by atoms with Gasteiger partial charge >= 0.3 is 0 Å². The minimum Gasteiger partial charge on any atom is -0.497 e. The fourth-order valence-electron chi connectivity index (χ4n) is 4.32. The molecule has 7 nitrogen and oxygen atoms in total. The number of tetrazole rings is 1. The number of hydrogen-bond acceptors (Lipinski definition) is 5. The molecular formula is C24H33N6O+. The van der Waals surface area contributed by atoms with Crippen LogP contribution in [0.1, 0.15) is 44.6 Å². The van der Waals surface area contributed by atoms with Crippen LogP contribution >= 0.6 is 0 Å². The van der Waals surface area contributed by atoms with Crippen molar-refractivity contribution in [2.24, 2.45) is 0 Å². The first-order valence-electron chi connectivity index (χ1n) is 11.1. The normalized spacial score (nSPS) is 16.3. The molecule has 7 heteroatoms. The van der Waals surface area contributed by atoms with Crippen LogP contribution in [-0.2, 0) is 5.54 Å². The third-order valence-corrected chi connectivity index (χ3v) is 6.56. The van der Waals surface area contributed by atoms with Gasteiger partial charge in [-0.25, -0.2) is 4.68 Å². The van der Waals surface area contributed by atoms with Crippen molar-refractivity contribution in [3.8, 4) is 5.75 Å². The quantitative estimate of drug-likeness (QED) is 0.635. The number of nitrogens with one attached hydrogen (secondary N) is 1. The first-order chi connectivity index (χ1) is 15.0. The maximum Gasteiger partial charge on any atom is 0.214 e. The summed E-state index contributed by atoms with van der Waals surface area (Å²) in [6.07, 6.45) is 0.964. The second-order valence-electron chi connectivity index (χ2n) is 8.81. The predicted octanol–water partition coefficient (Wildman–Crippen LogP) is 2.32. The fourth-order valence-corrected chi connectivity index (χ4v) is 4.32. The van der Waals surface area contributed by atoms with Crippen molar-refractivity contribution in [2.45, 2.75) is 38.8 Å². The maximum absolute atomic E-state index is 5.41. The summed E-state index contributed by atoms with van der Waals surface area (Å²) in [6, 6.07) is 19.1. The monoisotopic (exact) mass is 421 g/mol. The topological polar surface area (TPSA) is 60.5 Å². The third kappa shape index (κ3) is 4.42. The lowest BCUT2D eigenvalue weighted by molar-refractivity contribution is -0.927. The summed E-state index contributed by atoms with van der Waals surface area (Å²) in [6.45, 7) is 10.6. The molecule has 4 rings (SSSR count). The molecule has 1 aliphatic rings. The largest absolute Gasteiger partial charge is 0.497 e. The van der Waals surface area contributed by atoms with Gasteiger partial charge in [0.25, 0.3) is 0 Å². The summed E-state index contributed by atoms with van der Waals surface area (Å²) >= 11 is 0. The fraction of sp³-hybridized carbons (Fsp3) is 0.458. The molecule has 1 aromatic heterocycles. The van der Waals surface area contributed by atoms with Gasteiger partial charge in [-0.05, 0) is 42.8 Å². The van der Waals surface area contributed by atoms with Gasteiger partial charge in [0, 0.05) is 17.3 Å². The zero-order valence-corrected chi connectivity index (χ0v) is 19.0. The van der Waals surface area contributed by atoms with Crippen molar-refractivity contribution in [3.05, 3.63) is 66.0 Å². The summed E-state index contributed by atoms with van der Waals surface area (Å²) in [7, 11) is 1.72. The molecule has 0 unspecified atom stereocenters. The first kappa shape index (κ1) is 21.3. The summed E-state index contributed by atoms with van der Waals surface area (Å²) in [5, 5.41) is 13.0. The van der Waals surface area contributed by atoms with Gasteiger partial charge in [0.2, 0.25) is 5.82 Å². The molecule has 31 heavy (non-hydrogen) atoms. The summed E-state index contributed by atoms with van der Waals surface area (Å²) in [4.78, 5) is 3.93. The Morgan fingerprint density at radius 3 is 2.48 bits per heavy atom. The highest BCUT2D eigenvalue weighted by molar-refractivity contribution is 5.50. The summed E-state index contributed by atoms with van der Waals surface area (Å²) in [5.41, 5.74) is 2.34. The van der Waals surface area contributed by atoms with E-state index < -0.39 is 0 Å². The van der Waals surface area contributed by atoms with Crippen molar-refractivity contribution >= 4 is 5.69 Å². The number of hydrogen-bond donors (Lipinski definition) is 1. The minimum atomic E-state index is -0.131. The predicted molar refractivity (Wildman–Crippen MR) is 122 cm³/mol. The molecule has 0 radical (unpaired) electrons. The molecule has 164 valence electrons. The number of anilines is 1. The molecule has 0 bridgehead atoms. The molecule has 0 aliphatic carbocycles. The number of aromatic nitrogens is 4. The molecule has 1 N–H and O–H groups in total. The van der Waals surface area contributed by atoms with Gasteiger partial charge in [-0.3, -0.25) is 0 Å². The molecule has 2 heterocycles. The van der Waals surface area contributed by atoms with Crippen LogP contribution in [0.4, 0.5) is 5.69 Å². The number of benzene rings is 2. The molecule has 0 saturated carbocycles. The maximum atomic E-state index is 5.41. The van der Waals surface area contributed by atoms with Gasteiger partial charge in [-0.1, -0.05) is 43.3 Å². The molecule has 1 aliphatic heterocycles. The van der Waals surface area contributed by atoms with Crippen molar-refractivity contribution in [3.63, 3.8) is 0 Å². The van der Waals surface area contributed by atoms with E-state index in [9.17, 15) is 0 Å². The SMILES string of the molecule is CCC(C)(C)n1nnnc1[C@H](c1ccccc1)[NH+]1CCN(c2cccc(OC)c2)CC1. The summed E-state index contributed by atoms with van der Waals surface area (Å²) in [5.74, 6) is 1.85. The molecule has 1 fully saturated rings. The van der Waals surface area contributed by atoms with Crippen LogP contribution in [0.3, 0.4) is 0 Å². The van der Waals surface area contributed by atoms with Crippen LogP contribution in [0.15, 0.2) is 54.6 Å². The van der Waals surface area contributed by atoms with Gasteiger partial charge < -0.3 is 14.5 Å². The van der Waals surface area contributed by atoms with Crippen LogP contribution in [0.2, 0.25) is 0 Å². The molecule has 0 amide bonds. The Kier molecular flexibility index (Phi) is 6.23. The highest BCUT2D eigenvalue weighted by Gasteiger charge is 2.37. The number of quaternary nitrogens is 1. The number of piperazine rings is 1. The van der Waals surface area contributed by atoms with Gasteiger partial charge in [-0.15, -0.1) is 5.10 Å². The van der Waals surface area contributed by atoms with Gasteiger partial charge in [0.05, 0.1) is 38.8 Å². The number of ether oxygens (including phenoxy) is 1.